The molecule has 0 radical (unpaired) electrons. The number of phenolic OH excluding ortho intramolecular Hbond substituents is 1. The molecule has 0 aliphatic rings. The molecule has 2 unspecified atom stereocenters. The number of hydrogen-bond donors (Lipinski definition) is 3. The van der Waals surface area contributed by atoms with E-state index in [1.807, 2.05) is 30.3 Å². The number of anilines is 1. The van der Waals surface area contributed by atoms with E-state index in [4.69, 9.17) is 9.47 Å². The lowest BCUT2D eigenvalue weighted by molar-refractivity contribution is -0.141. The molecule has 9 heteroatoms. The Morgan fingerprint density at radius 3 is 2.13 bits per heavy atom. The van der Waals surface area contributed by atoms with E-state index in [1.54, 1.807) is 70.3 Å². The van der Waals surface area contributed by atoms with Crippen LogP contribution in [0.15, 0.2) is 78.9 Å². The van der Waals surface area contributed by atoms with Crippen molar-refractivity contribution in [3.63, 3.8) is 0 Å². The van der Waals surface area contributed by atoms with E-state index in [0.29, 0.717) is 17.9 Å². The van der Waals surface area contributed by atoms with Crippen molar-refractivity contribution in [2.45, 2.75) is 83.9 Å². The number of unbranched alkanes of at least 4 members (excludes halogenated alkanes) is 4. The highest BCUT2D eigenvalue weighted by Gasteiger charge is 2.37. The molecule has 0 aromatic heterocycles. The lowest BCUT2D eigenvalue weighted by Gasteiger charge is -2.35. The van der Waals surface area contributed by atoms with Gasteiger partial charge in [0, 0.05) is 24.2 Å². The molecule has 0 fully saturated rings. The van der Waals surface area contributed by atoms with E-state index in [9.17, 15) is 19.5 Å². The van der Waals surface area contributed by atoms with Crippen molar-refractivity contribution >= 4 is 23.6 Å². The van der Waals surface area contributed by atoms with Gasteiger partial charge in [-0.2, -0.15) is 0 Å². The number of nitrogens with zero attached hydrogens (tertiary/aromatic N) is 1. The highest BCUT2D eigenvalue weighted by molar-refractivity contribution is 5.99. The molecule has 0 saturated carbocycles. The Bertz CT molecular complexity index is 1370. The fourth-order valence-corrected chi connectivity index (χ4v) is 5.01. The number of carbonyl (C=O) groups excluding carboxylic acids is 3. The number of benzene rings is 3. The van der Waals surface area contributed by atoms with Gasteiger partial charge < -0.3 is 30.1 Å². The van der Waals surface area contributed by atoms with Crippen molar-refractivity contribution in [1.29, 1.82) is 0 Å². The fraction of sp³-hybridized carbons (Fsp3) is 0.417. The van der Waals surface area contributed by atoms with Gasteiger partial charge in [-0.15, -0.1) is 0 Å². The largest absolute Gasteiger partial charge is 0.508 e. The lowest BCUT2D eigenvalue weighted by Crippen LogP contribution is -2.53. The first-order chi connectivity index (χ1) is 21.5. The number of aromatic hydroxyl groups is 1. The number of carbonyl (C=O) groups is 3. The number of para-hydroxylation sites is 1. The van der Waals surface area contributed by atoms with Crippen LogP contribution < -0.4 is 15.4 Å². The minimum Gasteiger partial charge on any atom is -0.508 e. The van der Waals surface area contributed by atoms with Crippen LogP contribution in [0.25, 0.3) is 0 Å². The van der Waals surface area contributed by atoms with E-state index in [-0.39, 0.29) is 24.3 Å². The molecule has 3 aromatic rings. The Morgan fingerprint density at radius 2 is 1.51 bits per heavy atom. The monoisotopic (exact) mass is 617 g/mol. The zero-order chi connectivity index (χ0) is 32.8. The normalized spacial score (nSPS) is 12.5. The molecule has 3 aromatic carbocycles. The van der Waals surface area contributed by atoms with Crippen molar-refractivity contribution in [1.82, 2.24) is 10.2 Å². The van der Waals surface area contributed by atoms with Crippen LogP contribution in [0.4, 0.5) is 10.5 Å². The number of rotatable bonds is 15. The molecule has 0 bridgehead atoms. The third-order valence-corrected chi connectivity index (χ3v) is 7.21. The second-order valence-corrected chi connectivity index (χ2v) is 12.0. The lowest BCUT2D eigenvalue weighted by atomic mass is 9.99. The molecule has 3 N–H and O–H groups in total. The Balaban J connectivity index is 2.05. The smallest absolute Gasteiger partial charge is 0.408 e. The van der Waals surface area contributed by atoms with E-state index in [0.717, 1.165) is 31.2 Å². The van der Waals surface area contributed by atoms with Crippen LogP contribution in [0.1, 0.15) is 77.0 Å². The first-order valence-corrected chi connectivity index (χ1v) is 15.6. The maximum atomic E-state index is 14.6. The molecule has 0 saturated heterocycles. The summed E-state index contributed by atoms with van der Waals surface area (Å²) in [6.45, 7) is 7.62. The van der Waals surface area contributed by atoms with Crippen LogP contribution in [-0.4, -0.2) is 53.2 Å². The minimum atomic E-state index is -1.19. The highest BCUT2D eigenvalue weighted by atomic mass is 16.6. The van der Waals surface area contributed by atoms with Crippen LogP contribution >= 0.6 is 0 Å². The molecule has 0 spiro atoms. The topological polar surface area (TPSA) is 117 Å². The molecule has 242 valence electrons. The Morgan fingerprint density at radius 1 is 0.867 bits per heavy atom. The number of ether oxygens (including phenoxy) is 2. The Hall–Kier alpha value is -4.53. The molecule has 9 nitrogen and oxygen atoms in total. The first-order valence-electron chi connectivity index (χ1n) is 15.6. The van der Waals surface area contributed by atoms with Gasteiger partial charge in [0.1, 0.15) is 29.2 Å². The zero-order valence-corrected chi connectivity index (χ0v) is 27.0. The van der Waals surface area contributed by atoms with Gasteiger partial charge in [0.25, 0.3) is 5.91 Å². The summed E-state index contributed by atoms with van der Waals surface area (Å²) >= 11 is 0. The van der Waals surface area contributed by atoms with Gasteiger partial charge in [-0.1, -0.05) is 81.1 Å². The summed E-state index contributed by atoms with van der Waals surface area (Å²) in [5, 5.41) is 16.6. The summed E-state index contributed by atoms with van der Waals surface area (Å²) in [7, 11) is 1.56. The van der Waals surface area contributed by atoms with Crippen molar-refractivity contribution in [3.8, 4) is 11.5 Å². The summed E-state index contributed by atoms with van der Waals surface area (Å²) in [5.74, 6) is -0.445. The molecule has 0 heterocycles. The average Bonchev–Trinajstić information content (AvgIpc) is 3.00. The van der Waals surface area contributed by atoms with Crippen LogP contribution in [0.3, 0.4) is 0 Å². The van der Waals surface area contributed by atoms with Gasteiger partial charge in [-0.3, -0.25) is 9.59 Å². The molecule has 2 atom stereocenters. The molecule has 3 amide bonds. The van der Waals surface area contributed by atoms with E-state index in [1.165, 1.54) is 11.0 Å². The van der Waals surface area contributed by atoms with Crippen molar-refractivity contribution in [2.24, 2.45) is 0 Å². The third kappa shape index (κ3) is 11.2. The van der Waals surface area contributed by atoms with Crippen molar-refractivity contribution in [2.75, 3.05) is 19.0 Å². The van der Waals surface area contributed by atoms with Crippen LogP contribution in [0, 0.1) is 0 Å². The molecule has 0 aliphatic carbocycles. The van der Waals surface area contributed by atoms with Crippen LogP contribution in [0.5, 0.6) is 11.5 Å². The standard InChI is InChI=1S/C36H47N3O6/c1-6-7-8-9-15-24-39(34(42)30(25-26-16-11-10-12-17-26)38-35(43)45-36(2,3)4)32(29-18-13-14-19-31(29)40)33(41)37-27-20-22-28(44-5)23-21-27/h10-14,16-23,30,32,40H,6-9,15,24-25H2,1-5H3,(H,37,41)(H,38,43). The maximum absolute atomic E-state index is 14.6. The molecule has 0 aliphatic heterocycles. The number of alkyl carbamates (subject to hydrolysis) is 1. The Labute approximate surface area is 266 Å². The second-order valence-electron chi connectivity index (χ2n) is 12.0. The number of hydrogen-bond acceptors (Lipinski definition) is 6. The van der Waals surface area contributed by atoms with Gasteiger partial charge in [0.05, 0.1) is 7.11 Å². The van der Waals surface area contributed by atoms with Gasteiger partial charge in [-0.25, -0.2) is 4.79 Å². The summed E-state index contributed by atoms with van der Waals surface area (Å²) in [4.78, 5) is 43.2. The predicted molar refractivity (Wildman–Crippen MR) is 176 cm³/mol. The van der Waals surface area contributed by atoms with Crippen LogP contribution in [0.2, 0.25) is 0 Å². The fourth-order valence-electron chi connectivity index (χ4n) is 5.01. The summed E-state index contributed by atoms with van der Waals surface area (Å²) < 4.78 is 10.8. The van der Waals surface area contributed by atoms with E-state index < -0.39 is 35.6 Å². The molecular formula is C36H47N3O6. The van der Waals surface area contributed by atoms with Gasteiger partial charge in [0.2, 0.25) is 5.91 Å². The summed E-state index contributed by atoms with van der Waals surface area (Å²) in [6.07, 6.45) is 4.05. The molecule has 45 heavy (non-hydrogen) atoms. The third-order valence-electron chi connectivity index (χ3n) is 7.21. The first kappa shape index (κ1) is 35.0. The summed E-state index contributed by atoms with van der Waals surface area (Å²) in [5.41, 5.74) is 0.835. The quantitative estimate of drug-likeness (QED) is 0.158. The average molecular weight is 618 g/mol. The second kappa shape index (κ2) is 17.1. The van der Waals surface area contributed by atoms with Gasteiger partial charge in [-0.05, 0) is 63.1 Å². The maximum Gasteiger partial charge on any atom is 0.408 e. The van der Waals surface area contributed by atoms with Crippen molar-refractivity contribution in [3.05, 3.63) is 90.0 Å². The predicted octanol–water partition coefficient (Wildman–Crippen LogP) is 7.02. The summed E-state index contributed by atoms with van der Waals surface area (Å²) in [6, 6.07) is 20.5. The molecular weight excluding hydrogens is 570 g/mol. The molecule has 3 rings (SSSR count). The van der Waals surface area contributed by atoms with Crippen LogP contribution in [-0.2, 0) is 20.7 Å². The van der Waals surface area contributed by atoms with E-state index in [2.05, 4.69) is 17.6 Å². The number of amides is 3. The number of methoxy groups -OCH3 is 1. The SMILES string of the molecule is CCCCCCCN(C(=O)C(Cc1ccccc1)NC(=O)OC(C)(C)C)C(C(=O)Nc1ccc(OC)cc1)c1ccccc1O. The van der Waals surface area contributed by atoms with Gasteiger partial charge >= 0.3 is 6.09 Å². The number of phenols is 1. The highest BCUT2D eigenvalue weighted by Crippen LogP contribution is 2.32. The van der Waals surface area contributed by atoms with Crippen molar-refractivity contribution < 1.29 is 29.0 Å². The Kier molecular flexibility index (Phi) is 13.3. The number of nitrogens with one attached hydrogen (secondary N) is 2. The van der Waals surface area contributed by atoms with E-state index >= 15 is 0 Å². The zero-order valence-electron chi connectivity index (χ0n) is 27.0. The van der Waals surface area contributed by atoms with Gasteiger partial charge in [0.15, 0.2) is 0 Å². The minimum absolute atomic E-state index is 0.115.